The molecule has 1 amide bonds. The average Bonchev–Trinajstić information content (AvgIpc) is 2.92. The van der Waals surface area contributed by atoms with Crippen LogP contribution < -0.4 is 5.32 Å². The quantitative estimate of drug-likeness (QED) is 0.786. The molecule has 0 aliphatic rings. The third-order valence-corrected chi connectivity index (χ3v) is 4.15. The first kappa shape index (κ1) is 15.3. The molecule has 0 atom stereocenters. The molecule has 3 aromatic rings. The van der Waals surface area contributed by atoms with Gasteiger partial charge in [-0.25, -0.2) is 4.98 Å². The molecule has 2 heterocycles. The van der Waals surface area contributed by atoms with Gasteiger partial charge in [0.25, 0.3) is 0 Å². The van der Waals surface area contributed by atoms with Crippen molar-refractivity contribution in [1.82, 2.24) is 14.9 Å². The van der Waals surface area contributed by atoms with E-state index < -0.39 is 0 Å². The first-order chi connectivity index (χ1) is 11.2. The molecule has 0 radical (unpaired) electrons. The van der Waals surface area contributed by atoms with Crippen molar-refractivity contribution in [1.29, 1.82) is 0 Å². The zero-order valence-electron chi connectivity index (χ0n) is 13.5. The Bertz CT molecular complexity index is 836. The van der Waals surface area contributed by atoms with Crippen LogP contribution in [-0.4, -0.2) is 15.5 Å². The maximum atomic E-state index is 12.3. The summed E-state index contributed by atoms with van der Waals surface area (Å²) in [7, 11) is 0. The Hall–Kier alpha value is -2.62. The summed E-state index contributed by atoms with van der Waals surface area (Å²) in [6.45, 7) is 5.55. The van der Waals surface area contributed by atoms with E-state index in [1.807, 2.05) is 36.5 Å². The molecule has 2 aromatic heterocycles. The number of fused-ring (bicyclic) bond motifs is 1. The van der Waals surface area contributed by atoms with E-state index in [-0.39, 0.29) is 5.91 Å². The van der Waals surface area contributed by atoms with Gasteiger partial charge >= 0.3 is 0 Å². The summed E-state index contributed by atoms with van der Waals surface area (Å²) >= 11 is 0. The lowest BCUT2D eigenvalue weighted by molar-refractivity contribution is -0.120. The summed E-state index contributed by atoms with van der Waals surface area (Å²) in [6.07, 6.45) is 4.20. The van der Waals surface area contributed by atoms with Gasteiger partial charge < -0.3 is 9.88 Å². The number of carbonyl (C=O) groups is 1. The summed E-state index contributed by atoms with van der Waals surface area (Å²) in [5.41, 5.74) is 4.31. The van der Waals surface area contributed by atoms with Gasteiger partial charge in [0.2, 0.25) is 5.91 Å². The van der Waals surface area contributed by atoms with E-state index in [0.717, 1.165) is 28.7 Å². The molecule has 23 heavy (non-hydrogen) atoms. The molecule has 4 nitrogen and oxygen atoms in total. The van der Waals surface area contributed by atoms with Crippen molar-refractivity contribution in [3.8, 4) is 0 Å². The largest absolute Gasteiger partial charge is 0.352 e. The van der Waals surface area contributed by atoms with E-state index in [1.54, 1.807) is 6.20 Å². The third-order valence-electron chi connectivity index (χ3n) is 4.15. The molecule has 0 bridgehead atoms. The van der Waals surface area contributed by atoms with Crippen molar-refractivity contribution in [3.05, 3.63) is 65.5 Å². The van der Waals surface area contributed by atoms with E-state index >= 15 is 0 Å². The Morgan fingerprint density at radius 2 is 2.00 bits per heavy atom. The second-order valence-corrected chi connectivity index (χ2v) is 5.69. The summed E-state index contributed by atoms with van der Waals surface area (Å²) in [5, 5.41) is 4.07. The topological polar surface area (TPSA) is 46.9 Å². The highest BCUT2D eigenvalue weighted by Gasteiger charge is 2.12. The Morgan fingerprint density at radius 3 is 2.78 bits per heavy atom. The SMILES string of the molecule is CCn1cc(CC(=O)NCc2ccccc2C)c2cccnc21. The molecule has 4 heteroatoms. The van der Waals surface area contributed by atoms with Gasteiger partial charge in [-0.15, -0.1) is 0 Å². The number of rotatable bonds is 5. The number of hydrogen-bond donors (Lipinski definition) is 1. The standard InChI is InChI=1S/C19H21N3O/c1-3-22-13-16(17-9-6-10-20-19(17)22)11-18(23)21-12-15-8-5-4-7-14(15)2/h4-10,13H,3,11-12H2,1-2H3,(H,21,23). The van der Waals surface area contributed by atoms with Gasteiger partial charge in [-0.1, -0.05) is 24.3 Å². The highest BCUT2D eigenvalue weighted by atomic mass is 16.1. The predicted octanol–water partition coefficient (Wildman–Crippen LogP) is 3.22. The van der Waals surface area contributed by atoms with Gasteiger partial charge in [-0.2, -0.15) is 0 Å². The molecule has 0 spiro atoms. The molecular formula is C19H21N3O. The molecule has 0 saturated carbocycles. The minimum absolute atomic E-state index is 0.0345. The summed E-state index contributed by atoms with van der Waals surface area (Å²) in [6, 6.07) is 12.0. The summed E-state index contributed by atoms with van der Waals surface area (Å²) < 4.78 is 2.08. The van der Waals surface area contributed by atoms with Crippen LogP contribution in [0.25, 0.3) is 11.0 Å². The van der Waals surface area contributed by atoms with Crippen LogP contribution in [0.2, 0.25) is 0 Å². The monoisotopic (exact) mass is 307 g/mol. The van der Waals surface area contributed by atoms with E-state index in [9.17, 15) is 4.79 Å². The van der Waals surface area contributed by atoms with Gasteiger partial charge in [0.05, 0.1) is 6.42 Å². The molecule has 118 valence electrons. The lowest BCUT2D eigenvalue weighted by Crippen LogP contribution is -2.24. The number of benzene rings is 1. The zero-order valence-corrected chi connectivity index (χ0v) is 13.5. The van der Waals surface area contributed by atoms with Crippen molar-refractivity contribution in [2.24, 2.45) is 0 Å². The zero-order chi connectivity index (χ0) is 16.2. The van der Waals surface area contributed by atoms with Crippen molar-refractivity contribution >= 4 is 16.9 Å². The first-order valence-corrected chi connectivity index (χ1v) is 7.93. The number of nitrogens with zero attached hydrogens (tertiary/aromatic N) is 2. The molecule has 0 aliphatic carbocycles. The van der Waals surface area contributed by atoms with E-state index in [1.165, 1.54) is 5.56 Å². The van der Waals surface area contributed by atoms with Crippen LogP contribution in [0.5, 0.6) is 0 Å². The maximum Gasteiger partial charge on any atom is 0.224 e. The number of nitrogens with one attached hydrogen (secondary N) is 1. The number of aryl methyl sites for hydroxylation is 2. The van der Waals surface area contributed by atoms with Crippen molar-refractivity contribution in [2.45, 2.75) is 33.4 Å². The molecular weight excluding hydrogens is 286 g/mol. The second-order valence-electron chi connectivity index (χ2n) is 5.69. The van der Waals surface area contributed by atoms with Crippen LogP contribution in [0.1, 0.15) is 23.6 Å². The smallest absolute Gasteiger partial charge is 0.224 e. The van der Waals surface area contributed by atoms with Crippen LogP contribution in [0.15, 0.2) is 48.8 Å². The fourth-order valence-corrected chi connectivity index (χ4v) is 2.81. The van der Waals surface area contributed by atoms with E-state index in [4.69, 9.17) is 0 Å². The van der Waals surface area contributed by atoms with Gasteiger partial charge in [-0.05, 0) is 42.7 Å². The predicted molar refractivity (Wildman–Crippen MR) is 92.1 cm³/mol. The third kappa shape index (κ3) is 3.26. The van der Waals surface area contributed by atoms with Gasteiger partial charge in [0, 0.05) is 30.9 Å². The maximum absolute atomic E-state index is 12.3. The number of pyridine rings is 1. The van der Waals surface area contributed by atoms with E-state index in [2.05, 4.69) is 34.8 Å². The van der Waals surface area contributed by atoms with Crippen molar-refractivity contribution in [2.75, 3.05) is 0 Å². The molecule has 1 N–H and O–H groups in total. The number of carbonyl (C=O) groups excluding carboxylic acids is 1. The number of aromatic nitrogens is 2. The van der Waals surface area contributed by atoms with Crippen LogP contribution in [0.4, 0.5) is 0 Å². The lowest BCUT2D eigenvalue weighted by atomic mass is 10.1. The minimum Gasteiger partial charge on any atom is -0.352 e. The van der Waals surface area contributed by atoms with Crippen molar-refractivity contribution in [3.63, 3.8) is 0 Å². The van der Waals surface area contributed by atoms with Crippen molar-refractivity contribution < 1.29 is 4.79 Å². The average molecular weight is 307 g/mol. The normalized spacial score (nSPS) is 10.9. The highest BCUT2D eigenvalue weighted by molar-refractivity contribution is 5.87. The highest BCUT2D eigenvalue weighted by Crippen LogP contribution is 2.19. The Morgan fingerprint density at radius 1 is 1.17 bits per heavy atom. The van der Waals surface area contributed by atoms with Crippen LogP contribution >= 0.6 is 0 Å². The summed E-state index contributed by atoms with van der Waals surface area (Å²) in [5.74, 6) is 0.0345. The van der Waals surface area contributed by atoms with E-state index in [0.29, 0.717) is 13.0 Å². The molecule has 0 fully saturated rings. The Kier molecular flexibility index (Phi) is 4.42. The van der Waals surface area contributed by atoms with Gasteiger partial charge in [0.15, 0.2) is 0 Å². The molecule has 3 rings (SSSR count). The van der Waals surface area contributed by atoms with Crippen LogP contribution in [-0.2, 0) is 24.3 Å². The molecule has 0 aliphatic heterocycles. The van der Waals surface area contributed by atoms with Crippen LogP contribution in [0.3, 0.4) is 0 Å². The molecule has 1 aromatic carbocycles. The minimum atomic E-state index is 0.0345. The van der Waals surface area contributed by atoms with Crippen LogP contribution in [0, 0.1) is 6.92 Å². The lowest BCUT2D eigenvalue weighted by Gasteiger charge is -2.07. The van der Waals surface area contributed by atoms with Gasteiger partial charge in [-0.3, -0.25) is 4.79 Å². The summed E-state index contributed by atoms with van der Waals surface area (Å²) in [4.78, 5) is 16.7. The molecule has 0 saturated heterocycles. The van der Waals surface area contributed by atoms with Gasteiger partial charge in [0.1, 0.15) is 5.65 Å². The number of hydrogen-bond acceptors (Lipinski definition) is 2. The Balaban J connectivity index is 1.72. The second kappa shape index (κ2) is 6.65. The molecule has 0 unspecified atom stereocenters. The number of amides is 1. The Labute approximate surface area is 136 Å². The fraction of sp³-hybridized carbons (Fsp3) is 0.263. The first-order valence-electron chi connectivity index (χ1n) is 7.93. The fourth-order valence-electron chi connectivity index (χ4n) is 2.81.